The molecule has 24 heavy (non-hydrogen) atoms. The van der Waals surface area contributed by atoms with E-state index in [2.05, 4.69) is 34.1 Å². The number of benzene rings is 1. The summed E-state index contributed by atoms with van der Waals surface area (Å²) in [7, 11) is 1.70. The fraction of sp³-hybridized carbons (Fsp3) is 0.450. The van der Waals surface area contributed by atoms with Gasteiger partial charge in [0, 0.05) is 36.9 Å². The van der Waals surface area contributed by atoms with Crippen LogP contribution in [0.25, 0.3) is 0 Å². The van der Waals surface area contributed by atoms with E-state index in [-0.39, 0.29) is 0 Å². The predicted molar refractivity (Wildman–Crippen MR) is 95.3 cm³/mol. The van der Waals surface area contributed by atoms with Crippen LogP contribution in [0.1, 0.15) is 17.0 Å². The second kappa shape index (κ2) is 8.27. The SMILES string of the molecule is COc1ccc(CN2CCOC[C@@H](Cc3cccc(C)n3)C2)cc1. The Morgan fingerprint density at radius 1 is 1.21 bits per heavy atom. The van der Waals surface area contributed by atoms with E-state index in [4.69, 9.17) is 9.47 Å². The van der Waals surface area contributed by atoms with Crippen molar-refractivity contribution < 1.29 is 9.47 Å². The Morgan fingerprint density at radius 3 is 2.79 bits per heavy atom. The van der Waals surface area contributed by atoms with Crippen molar-refractivity contribution >= 4 is 0 Å². The average molecular weight is 326 g/mol. The zero-order chi connectivity index (χ0) is 16.8. The second-order valence-corrected chi connectivity index (χ2v) is 6.50. The van der Waals surface area contributed by atoms with Crippen molar-refractivity contribution in [2.45, 2.75) is 19.9 Å². The molecule has 0 aliphatic carbocycles. The van der Waals surface area contributed by atoms with E-state index in [1.807, 2.05) is 25.1 Å². The summed E-state index contributed by atoms with van der Waals surface area (Å²) in [4.78, 5) is 7.12. The van der Waals surface area contributed by atoms with Crippen LogP contribution in [0.4, 0.5) is 0 Å². The van der Waals surface area contributed by atoms with Gasteiger partial charge in [0.15, 0.2) is 0 Å². The molecule has 4 nitrogen and oxygen atoms in total. The molecule has 1 fully saturated rings. The van der Waals surface area contributed by atoms with Crippen LogP contribution in [-0.2, 0) is 17.7 Å². The van der Waals surface area contributed by atoms with Gasteiger partial charge >= 0.3 is 0 Å². The van der Waals surface area contributed by atoms with Gasteiger partial charge < -0.3 is 9.47 Å². The van der Waals surface area contributed by atoms with Crippen LogP contribution in [0, 0.1) is 12.8 Å². The molecule has 1 aromatic carbocycles. The molecule has 0 spiro atoms. The van der Waals surface area contributed by atoms with Crippen LogP contribution in [0.2, 0.25) is 0 Å². The first-order valence-corrected chi connectivity index (χ1v) is 8.58. The third-order valence-electron chi connectivity index (χ3n) is 4.43. The monoisotopic (exact) mass is 326 g/mol. The first kappa shape index (κ1) is 16.9. The Bertz CT molecular complexity index is 642. The smallest absolute Gasteiger partial charge is 0.118 e. The molecule has 1 atom stereocenters. The number of pyridine rings is 1. The lowest BCUT2D eigenvalue weighted by molar-refractivity contribution is 0.121. The molecule has 0 amide bonds. The van der Waals surface area contributed by atoms with Crippen molar-refractivity contribution in [2.24, 2.45) is 5.92 Å². The maximum atomic E-state index is 5.82. The summed E-state index contributed by atoms with van der Waals surface area (Å²) in [5.74, 6) is 1.39. The van der Waals surface area contributed by atoms with Gasteiger partial charge in [0.25, 0.3) is 0 Å². The van der Waals surface area contributed by atoms with Gasteiger partial charge in [0.1, 0.15) is 5.75 Å². The number of aryl methyl sites for hydroxylation is 1. The molecular formula is C20H26N2O2. The summed E-state index contributed by atoms with van der Waals surface area (Å²) >= 11 is 0. The summed E-state index contributed by atoms with van der Waals surface area (Å²) in [5, 5.41) is 0. The fourth-order valence-electron chi connectivity index (χ4n) is 3.22. The topological polar surface area (TPSA) is 34.6 Å². The van der Waals surface area contributed by atoms with Crippen LogP contribution in [0.5, 0.6) is 5.75 Å². The summed E-state index contributed by atoms with van der Waals surface area (Å²) in [6.45, 7) is 6.63. The molecule has 4 heteroatoms. The van der Waals surface area contributed by atoms with Gasteiger partial charge in [-0.15, -0.1) is 0 Å². The third-order valence-corrected chi connectivity index (χ3v) is 4.43. The van der Waals surface area contributed by atoms with Crippen molar-refractivity contribution in [3.8, 4) is 5.75 Å². The van der Waals surface area contributed by atoms with E-state index in [0.29, 0.717) is 5.92 Å². The molecule has 0 N–H and O–H groups in total. The highest BCUT2D eigenvalue weighted by atomic mass is 16.5. The van der Waals surface area contributed by atoms with E-state index in [9.17, 15) is 0 Å². The Kier molecular flexibility index (Phi) is 5.83. The minimum Gasteiger partial charge on any atom is -0.497 e. The van der Waals surface area contributed by atoms with Crippen LogP contribution < -0.4 is 4.74 Å². The molecule has 0 radical (unpaired) electrons. The molecule has 1 aliphatic heterocycles. The maximum Gasteiger partial charge on any atom is 0.118 e. The van der Waals surface area contributed by atoms with Gasteiger partial charge in [0.05, 0.1) is 20.3 Å². The molecule has 2 heterocycles. The number of methoxy groups -OCH3 is 1. The Labute approximate surface area is 144 Å². The number of hydrogen-bond donors (Lipinski definition) is 0. The quantitative estimate of drug-likeness (QED) is 0.846. The molecule has 0 bridgehead atoms. The van der Waals surface area contributed by atoms with Crippen molar-refractivity contribution in [2.75, 3.05) is 33.4 Å². The minimum atomic E-state index is 0.486. The van der Waals surface area contributed by atoms with Crippen LogP contribution >= 0.6 is 0 Å². The van der Waals surface area contributed by atoms with E-state index in [0.717, 1.165) is 56.4 Å². The van der Waals surface area contributed by atoms with Gasteiger partial charge in [-0.3, -0.25) is 9.88 Å². The molecule has 0 saturated carbocycles. The van der Waals surface area contributed by atoms with Crippen molar-refractivity contribution in [3.63, 3.8) is 0 Å². The van der Waals surface area contributed by atoms with E-state index in [1.54, 1.807) is 7.11 Å². The highest BCUT2D eigenvalue weighted by Gasteiger charge is 2.19. The minimum absolute atomic E-state index is 0.486. The van der Waals surface area contributed by atoms with Crippen LogP contribution in [0.15, 0.2) is 42.5 Å². The van der Waals surface area contributed by atoms with Crippen molar-refractivity contribution in [1.82, 2.24) is 9.88 Å². The normalized spacial score (nSPS) is 19.0. The van der Waals surface area contributed by atoms with E-state index in [1.165, 1.54) is 5.56 Å². The number of ether oxygens (including phenoxy) is 2. The Hall–Kier alpha value is -1.91. The number of hydrogen-bond acceptors (Lipinski definition) is 4. The lowest BCUT2D eigenvalue weighted by Gasteiger charge is -2.23. The number of aromatic nitrogens is 1. The lowest BCUT2D eigenvalue weighted by atomic mass is 10.0. The third kappa shape index (κ3) is 4.79. The zero-order valence-corrected chi connectivity index (χ0v) is 14.6. The highest BCUT2D eigenvalue weighted by molar-refractivity contribution is 5.27. The molecule has 1 aromatic heterocycles. The number of nitrogens with zero attached hydrogens (tertiary/aromatic N) is 2. The largest absolute Gasteiger partial charge is 0.497 e. The van der Waals surface area contributed by atoms with Gasteiger partial charge in [-0.25, -0.2) is 0 Å². The zero-order valence-electron chi connectivity index (χ0n) is 14.6. The summed E-state index contributed by atoms with van der Waals surface area (Å²) < 4.78 is 11.1. The molecule has 2 aromatic rings. The van der Waals surface area contributed by atoms with Gasteiger partial charge in [-0.05, 0) is 43.2 Å². The first-order chi connectivity index (χ1) is 11.7. The Balaban J connectivity index is 1.61. The van der Waals surface area contributed by atoms with Crippen molar-refractivity contribution in [3.05, 3.63) is 59.4 Å². The standard InChI is InChI=1S/C20H26N2O2/c1-16-4-3-5-19(21-16)12-18-14-22(10-11-24-15-18)13-17-6-8-20(23-2)9-7-17/h3-9,18H,10-15H2,1-2H3/t18-/m0/s1. The van der Waals surface area contributed by atoms with E-state index < -0.39 is 0 Å². The second-order valence-electron chi connectivity index (χ2n) is 6.50. The predicted octanol–water partition coefficient (Wildman–Crippen LogP) is 3.09. The first-order valence-electron chi connectivity index (χ1n) is 8.58. The summed E-state index contributed by atoms with van der Waals surface area (Å²) in [5.41, 5.74) is 3.55. The molecular weight excluding hydrogens is 300 g/mol. The molecule has 3 rings (SSSR count). The van der Waals surface area contributed by atoms with Gasteiger partial charge in [-0.2, -0.15) is 0 Å². The van der Waals surface area contributed by atoms with Crippen molar-refractivity contribution in [1.29, 1.82) is 0 Å². The van der Waals surface area contributed by atoms with Gasteiger partial charge in [0.2, 0.25) is 0 Å². The molecule has 1 saturated heterocycles. The van der Waals surface area contributed by atoms with Crippen LogP contribution in [0.3, 0.4) is 0 Å². The van der Waals surface area contributed by atoms with E-state index >= 15 is 0 Å². The molecule has 128 valence electrons. The van der Waals surface area contributed by atoms with Gasteiger partial charge in [-0.1, -0.05) is 18.2 Å². The average Bonchev–Trinajstić information content (AvgIpc) is 2.80. The number of rotatable bonds is 5. The highest BCUT2D eigenvalue weighted by Crippen LogP contribution is 2.17. The lowest BCUT2D eigenvalue weighted by Crippen LogP contribution is -2.30. The maximum absolute atomic E-state index is 5.82. The summed E-state index contributed by atoms with van der Waals surface area (Å²) in [6, 6.07) is 14.6. The Morgan fingerprint density at radius 2 is 2.04 bits per heavy atom. The molecule has 1 aliphatic rings. The van der Waals surface area contributed by atoms with Crippen LogP contribution in [-0.4, -0.2) is 43.3 Å². The summed E-state index contributed by atoms with van der Waals surface area (Å²) in [6.07, 6.45) is 0.973. The fourth-order valence-corrected chi connectivity index (χ4v) is 3.22. The molecule has 0 unspecified atom stereocenters.